The van der Waals surface area contributed by atoms with Crippen LogP contribution in [0.5, 0.6) is 0 Å². The van der Waals surface area contributed by atoms with Crippen LogP contribution in [0, 0.1) is 0 Å². The number of carbonyl (C=O) groups excluding carboxylic acids is 1. The Labute approximate surface area is 104 Å². The van der Waals surface area contributed by atoms with Crippen LogP contribution in [0.25, 0.3) is 0 Å². The molecule has 3 nitrogen and oxygen atoms in total. The maximum atomic E-state index is 11.9. The summed E-state index contributed by atoms with van der Waals surface area (Å²) in [7, 11) is 0. The molecule has 17 heavy (non-hydrogen) atoms. The van der Waals surface area contributed by atoms with Crippen molar-refractivity contribution in [3.63, 3.8) is 0 Å². The molecule has 0 aromatic heterocycles. The Balaban J connectivity index is 1.68. The fourth-order valence-corrected chi connectivity index (χ4v) is 4.06. The summed E-state index contributed by atoms with van der Waals surface area (Å²) in [5.74, 6) is 0.405. The lowest BCUT2D eigenvalue weighted by molar-refractivity contribution is -0.130. The molecule has 1 saturated carbocycles. The highest BCUT2D eigenvalue weighted by Gasteiger charge is 2.40. The van der Waals surface area contributed by atoms with E-state index < -0.39 is 0 Å². The molecule has 0 aromatic rings. The fourth-order valence-electron chi connectivity index (χ4n) is 4.06. The standard InChI is InChI=1S/C14H24N2O/c17-13-5-4-10-16(13)12-6-9-15-14(11-12)7-2-1-3-8-14/h12,15H,1-11H2. The predicted molar refractivity (Wildman–Crippen MR) is 67.8 cm³/mol. The second kappa shape index (κ2) is 4.60. The number of piperidine rings is 1. The first-order valence-electron chi connectivity index (χ1n) is 7.34. The van der Waals surface area contributed by atoms with Crippen molar-refractivity contribution in [2.75, 3.05) is 13.1 Å². The molecule has 3 fully saturated rings. The van der Waals surface area contributed by atoms with Crippen molar-refractivity contribution in [2.45, 2.75) is 69.4 Å². The topological polar surface area (TPSA) is 32.3 Å². The first-order valence-corrected chi connectivity index (χ1v) is 7.34. The minimum Gasteiger partial charge on any atom is -0.340 e. The molecule has 1 aliphatic carbocycles. The SMILES string of the molecule is O=C1CCCN1C1CCNC2(CCCCC2)C1. The van der Waals surface area contributed by atoms with E-state index in [-0.39, 0.29) is 0 Å². The normalized spacial score (nSPS) is 33.3. The van der Waals surface area contributed by atoms with Crippen LogP contribution in [-0.4, -0.2) is 35.5 Å². The summed E-state index contributed by atoms with van der Waals surface area (Å²) >= 11 is 0. The van der Waals surface area contributed by atoms with Crippen molar-refractivity contribution in [3.8, 4) is 0 Å². The highest BCUT2D eigenvalue weighted by atomic mass is 16.2. The highest BCUT2D eigenvalue weighted by molar-refractivity contribution is 5.78. The number of likely N-dealkylation sites (tertiary alicyclic amines) is 1. The van der Waals surface area contributed by atoms with E-state index in [4.69, 9.17) is 0 Å². The molecule has 96 valence electrons. The van der Waals surface area contributed by atoms with Gasteiger partial charge >= 0.3 is 0 Å². The van der Waals surface area contributed by atoms with Crippen LogP contribution in [0.2, 0.25) is 0 Å². The van der Waals surface area contributed by atoms with Gasteiger partial charge in [-0.05, 0) is 38.6 Å². The molecule has 2 saturated heterocycles. The summed E-state index contributed by atoms with van der Waals surface area (Å²) in [5.41, 5.74) is 0.379. The van der Waals surface area contributed by atoms with Crippen LogP contribution in [0.1, 0.15) is 57.8 Å². The van der Waals surface area contributed by atoms with Gasteiger partial charge in [-0.25, -0.2) is 0 Å². The van der Waals surface area contributed by atoms with Crippen molar-refractivity contribution >= 4 is 5.91 Å². The van der Waals surface area contributed by atoms with Crippen molar-refractivity contribution in [3.05, 3.63) is 0 Å². The third kappa shape index (κ3) is 2.22. The number of rotatable bonds is 1. The average Bonchev–Trinajstić information content (AvgIpc) is 2.77. The van der Waals surface area contributed by atoms with E-state index in [1.807, 2.05) is 0 Å². The number of carbonyl (C=O) groups is 1. The van der Waals surface area contributed by atoms with Gasteiger partial charge in [0, 0.05) is 24.5 Å². The largest absolute Gasteiger partial charge is 0.340 e. The van der Waals surface area contributed by atoms with Crippen molar-refractivity contribution in [1.82, 2.24) is 10.2 Å². The highest BCUT2D eigenvalue weighted by Crippen LogP contribution is 2.36. The molecular formula is C14H24N2O. The maximum absolute atomic E-state index is 11.9. The quantitative estimate of drug-likeness (QED) is 0.756. The summed E-state index contributed by atoms with van der Waals surface area (Å²) in [4.78, 5) is 14.0. The summed E-state index contributed by atoms with van der Waals surface area (Å²) in [6.07, 6.45) is 11.0. The average molecular weight is 236 g/mol. The monoisotopic (exact) mass is 236 g/mol. The molecule has 0 radical (unpaired) electrons. The molecule has 3 heteroatoms. The third-order valence-electron chi connectivity index (χ3n) is 4.97. The van der Waals surface area contributed by atoms with Gasteiger partial charge < -0.3 is 10.2 Å². The van der Waals surface area contributed by atoms with Gasteiger partial charge in [-0.15, -0.1) is 0 Å². The number of nitrogens with one attached hydrogen (secondary N) is 1. The number of amides is 1. The Morgan fingerprint density at radius 2 is 2.00 bits per heavy atom. The zero-order valence-corrected chi connectivity index (χ0v) is 10.7. The van der Waals surface area contributed by atoms with Crippen LogP contribution >= 0.6 is 0 Å². The zero-order valence-electron chi connectivity index (χ0n) is 10.7. The van der Waals surface area contributed by atoms with Crippen LogP contribution in [0.15, 0.2) is 0 Å². The lowest BCUT2D eigenvalue weighted by Crippen LogP contribution is -2.57. The fraction of sp³-hybridized carbons (Fsp3) is 0.929. The molecule has 3 aliphatic rings. The summed E-state index contributed by atoms with van der Waals surface area (Å²) in [6.45, 7) is 2.12. The molecule has 1 unspecified atom stereocenters. The predicted octanol–water partition coefficient (Wildman–Crippen LogP) is 2.06. The lowest BCUT2D eigenvalue weighted by atomic mass is 9.74. The van der Waals surface area contributed by atoms with E-state index in [2.05, 4.69) is 10.2 Å². The van der Waals surface area contributed by atoms with Gasteiger partial charge in [0.15, 0.2) is 0 Å². The van der Waals surface area contributed by atoms with E-state index >= 15 is 0 Å². The van der Waals surface area contributed by atoms with E-state index in [0.29, 0.717) is 17.5 Å². The van der Waals surface area contributed by atoms with Crippen molar-refractivity contribution in [2.24, 2.45) is 0 Å². The molecular weight excluding hydrogens is 212 g/mol. The van der Waals surface area contributed by atoms with Crippen LogP contribution in [0.4, 0.5) is 0 Å². The molecule has 0 aromatic carbocycles. The van der Waals surface area contributed by atoms with Gasteiger partial charge in [-0.1, -0.05) is 19.3 Å². The smallest absolute Gasteiger partial charge is 0.222 e. The lowest BCUT2D eigenvalue weighted by Gasteiger charge is -2.46. The van der Waals surface area contributed by atoms with Gasteiger partial charge in [0.1, 0.15) is 0 Å². The van der Waals surface area contributed by atoms with Gasteiger partial charge in [-0.2, -0.15) is 0 Å². The Morgan fingerprint density at radius 1 is 1.18 bits per heavy atom. The van der Waals surface area contributed by atoms with E-state index in [1.165, 1.54) is 38.5 Å². The van der Waals surface area contributed by atoms with E-state index in [9.17, 15) is 4.79 Å². The Kier molecular flexibility index (Phi) is 3.12. The van der Waals surface area contributed by atoms with Gasteiger partial charge in [0.25, 0.3) is 0 Å². The minimum absolute atomic E-state index is 0.379. The summed E-state index contributed by atoms with van der Waals surface area (Å²) < 4.78 is 0. The van der Waals surface area contributed by atoms with E-state index in [1.54, 1.807) is 0 Å². The third-order valence-corrected chi connectivity index (χ3v) is 4.97. The molecule has 1 spiro atoms. The molecule has 1 atom stereocenters. The van der Waals surface area contributed by atoms with Crippen molar-refractivity contribution < 1.29 is 4.79 Å². The summed E-state index contributed by atoms with van der Waals surface area (Å²) in [5, 5.41) is 3.76. The Morgan fingerprint density at radius 3 is 2.71 bits per heavy atom. The van der Waals surface area contributed by atoms with Gasteiger partial charge in [0.05, 0.1) is 0 Å². The molecule has 1 N–H and O–H groups in total. The second-order valence-electron chi connectivity index (χ2n) is 6.11. The number of hydrogen-bond acceptors (Lipinski definition) is 2. The molecule has 0 bridgehead atoms. The maximum Gasteiger partial charge on any atom is 0.222 e. The van der Waals surface area contributed by atoms with Crippen molar-refractivity contribution in [1.29, 1.82) is 0 Å². The second-order valence-corrected chi connectivity index (χ2v) is 6.11. The van der Waals surface area contributed by atoms with E-state index in [0.717, 1.165) is 32.4 Å². The number of hydrogen-bond donors (Lipinski definition) is 1. The first-order chi connectivity index (χ1) is 8.29. The Bertz CT molecular complexity index is 291. The zero-order chi connectivity index (χ0) is 11.7. The summed E-state index contributed by atoms with van der Waals surface area (Å²) in [6, 6.07) is 0.532. The van der Waals surface area contributed by atoms with Gasteiger partial charge in [-0.3, -0.25) is 4.79 Å². The molecule has 1 amide bonds. The van der Waals surface area contributed by atoms with Crippen LogP contribution < -0.4 is 5.32 Å². The molecule has 2 heterocycles. The number of nitrogens with zero attached hydrogens (tertiary/aromatic N) is 1. The molecule has 3 rings (SSSR count). The van der Waals surface area contributed by atoms with Crippen LogP contribution in [-0.2, 0) is 4.79 Å². The molecule has 2 aliphatic heterocycles. The van der Waals surface area contributed by atoms with Crippen LogP contribution in [0.3, 0.4) is 0 Å². The first kappa shape index (κ1) is 11.5. The van der Waals surface area contributed by atoms with Gasteiger partial charge in [0.2, 0.25) is 5.91 Å². The minimum atomic E-state index is 0.379. The Hall–Kier alpha value is -0.570.